The van der Waals surface area contributed by atoms with E-state index in [1.54, 1.807) is 0 Å². The molecule has 0 heterocycles. The molecule has 1 aliphatic carbocycles. The Labute approximate surface area is 91.3 Å². The number of nitrogens with two attached hydrogens (primary N) is 1. The van der Waals surface area contributed by atoms with Gasteiger partial charge in [0.2, 0.25) is 5.91 Å². The van der Waals surface area contributed by atoms with Crippen LogP contribution in [0.3, 0.4) is 0 Å². The number of carbonyl (C=O) groups excluding carboxylic acids is 1. The summed E-state index contributed by atoms with van der Waals surface area (Å²) in [6.45, 7) is 2.75. The van der Waals surface area contributed by atoms with Gasteiger partial charge in [-0.1, -0.05) is 6.92 Å². The summed E-state index contributed by atoms with van der Waals surface area (Å²) < 4.78 is 0. The van der Waals surface area contributed by atoms with Crippen molar-refractivity contribution in [2.24, 2.45) is 10.7 Å². The molecule has 0 unspecified atom stereocenters. The van der Waals surface area contributed by atoms with Crippen LogP contribution in [0.15, 0.2) is 4.99 Å². The molecule has 1 amide bonds. The maximum Gasteiger partial charge on any atom is 0.220 e. The van der Waals surface area contributed by atoms with Gasteiger partial charge in [-0.25, -0.2) is 0 Å². The maximum atomic E-state index is 11.3. The largest absolute Gasteiger partial charge is 0.387 e. The first-order chi connectivity index (χ1) is 7.22. The fourth-order valence-corrected chi connectivity index (χ4v) is 1.32. The van der Waals surface area contributed by atoms with Crippen LogP contribution in [0, 0.1) is 0 Å². The summed E-state index contributed by atoms with van der Waals surface area (Å²) in [5.74, 6) is 0.863. The zero-order chi connectivity index (χ0) is 11.1. The Kier molecular flexibility index (Phi) is 5.15. The molecule has 0 spiro atoms. The molecule has 0 bridgehead atoms. The summed E-state index contributed by atoms with van der Waals surface area (Å²) in [4.78, 5) is 15.5. The van der Waals surface area contributed by atoms with Crippen LogP contribution in [0.25, 0.3) is 0 Å². The Balaban J connectivity index is 1.99. The van der Waals surface area contributed by atoms with Gasteiger partial charge < -0.3 is 11.1 Å². The number of aliphatic imine (C=N–C) groups is 1. The highest BCUT2D eigenvalue weighted by Crippen LogP contribution is 2.18. The van der Waals surface area contributed by atoms with Crippen LogP contribution in [0.4, 0.5) is 0 Å². The number of amides is 1. The maximum absolute atomic E-state index is 11.3. The van der Waals surface area contributed by atoms with Gasteiger partial charge in [-0.15, -0.1) is 0 Å². The Hall–Kier alpha value is -1.06. The summed E-state index contributed by atoms with van der Waals surface area (Å²) in [7, 11) is 0. The number of rotatable bonds is 7. The Bertz CT molecular complexity index is 234. The molecule has 3 N–H and O–H groups in total. The lowest BCUT2D eigenvalue weighted by molar-refractivity contribution is -0.121. The van der Waals surface area contributed by atoms with Crippen LogP contribution in [-0.4, -0.2) is 24.3 Å². The molecule has 0 atom stereocenters. The van der Waals surface area contributed by atoms with Crippen molar-refractivity contribution in [2.45, 2.75) is 51.5 Å². The Morgan fingerprint density at radius 1 is 1.47 bits per heavy atom. The quantitative estimate of drug-likeness (QED) is 0.377. The van der Waals surface area contributed by atoms with E-state index in [-0.39, 0.29) is 5.91 Å². The second-order valence-corrected chi connectivity index (χ2v) is 4.07. The molecule has 0 aromatic rings. The molecule has 4 nitrogen and oxygen atoms in total. The Morgan fingerprint density at radius 2 is 2.20 bits per heavy atom. The summed E-state index contributed by atoms with van der Waals surface area (Å²) in [6, 6.07) is 0.464. The second-order valence-electron chi connectivity index (χ2n) is 4.07. The van der Waals surface area contributed by atoms with E-state index in [9.17, 15) is 4.79 Å². The lowest BCUT2D eigenvalue weighted by atomic mass is 10.3. The fourth-order valence-electron chi connectivity index (χ4n) is 1.32. The SMILES string of the molecule is CCCC(N)=NCCCC(=O)NC1CC1. The molecule has 0 radical (unpaired) electrons. The third-order valence-electron chi connectivity index (χ3n) is 2.33. The summed E-state index contributed by atoms with van der Waals surface area (Å²) in [5.41, 5.74) is 5.64. The van der Waals surface area contributed by atoms with Crippen LogP contribution in [0.5, 0.6) is 0 Å². The molecule has 1 fully saturated rings. The van der Waals surface area contributed by atoms with Crippen molar-refractivity contribution in [3.63, 3.8) is 0 Å². The van der Waals surface area contributed by atoms with E-state index in [0.29, 0.717) is 24.8 Å². The van der Waals surface area contributed by atoms with Gasteiger partial charge in [0.1, 0.15) is 0 Å². The van der Waals surface area contributed by atoms with Crippen molar-refractivity contribution in [3.05, 3.63) is 0 Å². The van der Waals surface area contributed by atoms with Crippen molar-refractivity contribution < 1.29 is 4.79 Å². The highest BCUT2D eigenvalue weighted by atomic mass is 16.1. The smallest absolute Gasteiger partial charge is 0.220 e. The van der Waals surface area contributed by atoms with Crippen LogP contribution >= 0.6 is 0 Å². The topological polar surface area (TPSA) is 67.5 Å². The lowest BCUT2D eigenvalue weighted by Crippen LogP contribution is -2.25. The number of nitrogens with one attached hydrogen (secondary N) is 1. The Morgan fingerprint density at radius 3 is 2.80 bits per heavy atom. The molecule has 0 aromatic heterocycles. The van der Waals surface area contributed by atoms with E-state index in [1.165, 1.54) is 0 Å². The predicted molar refractivity (Wildman–Crippen MR) is 61.8 cm³/mol. The van der Waals surface area contributed by atoms with Crippen molar-refractivity contribution in [3.8, 4) is 0 Å². The van der Waals surface area contributed by atoms with Gasteiger partial charge >= 0.3 is 0 Å². The van der Waals surface area contributed by atoms with E-state index in [4.69, 9.17) is 5.73 Å². The first-order valence-corrected chi connectivity index (χ1v) is 5.80. The number of amidine groups is 1. The second kappa shape index (κ2) is 6.43. The van der Waals surface area contributed by atoms with Gasteiger partial charge in [0.25, 0.3) is 0 Å². The van der Waals surface area contributed by atoms with E-state index in [0.717, 1.165) is 32.1 Å². The molecule has 0 saturated heterocycles. The van der Waals surface area contributed by atoms with E-state index in [2.05, 4.69) is 17.2 Å². The highest BCUT2D eigenvalue weighted by Gasteiger charge is 2.22. The predicted octanol–water partition coefficient (Wildman–Crippen LogP) is 1.20. The molecular formula is C11H21N3O. The monoisotopic (exact) mass is 211 g/mol. The molecule has 1 aliphatic rings. The minimum Gasteiger partial charge on any atom is -0.387 e. The van der Waals surface area contributed by atoms with Gasteiger partial charge in [-0.3, -0.25) is 9.79 Å². The summed E-state index contributed by atoms with van der Waals surface area (Å²) >= 11 is 0. The molecule has 1 rings (SSSR count). The summed E-state index contributed by atoms with van der Waals surface area (Å²) in [6.07, 6.45) is 5.54. The van der Waals surface area contributed by atoms with Gasteiger partial charge in [-0.2, -0.15) is 0 Å². The summed E-state index contributed by atoms with van der Waals surface area (Å²) in [5, 5.41) is 2.95. The number of carbonyl (C=O) groups is 1. The molecule has 0 aliphatic heterocycles. The first kappa shape index (κ1) is 12.0. The molecule has 0 aromatic carbocycles. The van der Waals surface area contributed by atoms with E-state index >= 15 is 0 Å². The minimum absolute atomic E-state index is 0.154. The molecule has 86 valence electrons. The van der Waals surface area contributed by atoms with Gasteiger partial charge in [0, 0.05) is 25.4 Å². The highest BCUT2D eigenvalue weighted by molar-refractivity contribution is 5.80. The third-order valence-corrected chi connectivity index (χ3v) is 2.33. The first-order valence-electron chi connectivity index (χ1n) is 5.80. The van der Waals surface area contributed by atoms with Gasteiger partial charge in [0.05, 0.1) is 5.84 Å². The fraction of sp³-hybridized carbons (Fsp3) is 0.818. The van der Waals surface area contributed by atoms with Crippen LogP contribution in [0.1, 0.15) is 45.4 Å². The third kappa shape index (κ3) is 6.10. The van der Waals surface area contributed by atoms with Gasteiger partial charge in [-0.05, 0) is 25.7 Å². The number of nitrogens with zero attached hydrogens (tertiary/aromatic N) is 1. The number of hydrogen-bond acceptors (Lipinski definition) is 2. The van der Waals surface area contributed by atoms with Gasteiger partial charge in [0.15, 0.2) is 0 Å². The van der Waals surface area contributed by atoms with Crippen LogP contribution in [-0.2, 0) is 4.79 Å². The van der Waals surface area contributed by atoms with Crippen LogP contribution < -0.4 is 11.1 Å². The molecular weight excluding hydrogens is 190 g/mol. The zero-order valence-electron chi connectivity index (χ0n) is 9.46. The standard InChI is InChI=1S/C11H21N3O/c1-2-4-10(12)13-8-3-5-11(15)14-9-6-7-9/h9H,2-8H2,1H3,(H2,12,13)(H,14,15). The van der Waals surface area contributed by atoms with Crippen molar-refractivity contribution in [1.82, 2.24) is 5.32 Å². The van der Waals surface area contributed by atoms with Crippen molar-refractivity contribution >= 4 is 11.7 Å². The molecule has 4 heteroatoms. The van der Waals surface area contributed by atoms with Crippen LogP contribution in [0.2, 0.25) is 0 Å². The van der Waals surface area contributed by atoms with E-state index < -0.39 is 0 Å². The molecule has 1 saturated carbocycles. The van der Waals surface area contributed by atoms with Crippen molar-refractivity contribution in [2.75, 3.05) is 6.54 Å². The average Bonchev–Trinajstić information content (AvgIpc) is 2.97. The van der Waals surface area contributed by atoms with Crippen molar-refractivity contribution in [1.29, 1.82) is 0 Å². The van der Waals surface area contributed by atoms with E-state index in [1.807, 2.05) is 0 Å². The minimum atomic E-state index is 0.154. The molecule has 15 heavy (non-hydrogen) atoms. The normalized spacial score (nSPS) is 16.5. The zero-order valence-corrected chi connectivity index (χ0v) is 9.46. The average molecular weight is 211 g/mol. The lowest BCUT2D eigenvalue weighted by Gasteiger charge is -2.01. The number of hydrogen-bond donors (Lipinski definition) is 2.